The minimum atomic E-state index is -0.302. The van der Waals surface area contributed by atoms with Gasteiger partial charge in [0, 0.05) is 26.2 Å². The van der Waals surface area contributed by atoms with Gasteiger partial charge in [-0.25, -0.2) is 4.98 Å². The van der Waals surface area contributed by atoms with Crippen LogP contribution in [0.1, 0.15) is 47.5 Å². The van der Waals surface area contributed by atoms with E-state index in [2.05, 4.69) is 13.8 Å². The summed E-state index contributed by atoms with van der Waals surface area (Å²) in [4.78, 5) is 33.1. The summed E-state index contributed by atoms with van der Waals surface area (Å²) in [5.41, 5.74) is 0.613. The number of ether oxygens (including phenoxy) is 1. The molecular formula is C24H35N3O3S. The number of para-hydroxylation sites is 1. The molecule has 3 rings (SSSR count). The predicted molar refractivity (Wildman–Crippen MR) is 127 cm³/mol. The van der Waals surface area contributed by atoms with Gasteiger partial charge in [-0.15, -0.1) is 0 Å². The van der Waals surface area contributed by atoms with Crippen molar-refractivity contribution >= 4 is 28.6 Å². The van der Waals surface area contributed by atoms with Gasteiger partial charge in [0.25, 0.3) is 5.56 Å². The number of fused-ring (bicyclic) bond motifs is 1. The number of nitrogens with zero attached hydrogens (tertiary/aromatic N) is 3. The number of thioether (sulfide) groups is 1. The summed E-state index contributed by atoms with van der Waals surface area (Å²) in [7, 11) is 0. The maximum atomic E-state index is 13.2. The second-order valence-electron chi connectivity index (χ2n) is 9.09. The molecule has 1 aromatic heterocycles. The molecule has 1 aromatic carbocycles. The molecule has 6 nitrogen and oxygen atoms in total. The van der Waals surface area contributed by atoms with Crippen molar-refractivity contribution in [1.82, 2.24) is 14.5 Å². The summed E-state index contributed by atoms with van der Waals surface area (Å²) in [5.74, 6) is 1.16. The van der Waals surface area contributed by atoms with E-state index in [0.29, 0.717) is 41.0 Å². The number of rotatable bonds is 8. The molecule has 0 aliphatic carbocycles. The van der Waals surface area contributed by atoms with Crippen LogP contribution in [-0.2, 0) is 16.1 Å². The summed E-state index contributed by atoms with van der Waals surface area (Å²) >= 11 is 1.39. The second kappa shape index (κ2) is 10.6. The Hall–Kier alpha value is -1.86. The average molecular weight is 446 g/mol. The molecule has 0 radical (unpaired) electrons. The topological polar surface area (TPSA) is 64.4 Å². The molecule has 0 N–H and O–H groups in total. The molecule has 1 amide bonds. The SMILES string of the molecule is CC(C)OCCCn1c(S[C@@H](C)C(=O)N2C[C@H](C)C[C@H](C)C2)nc2ccccc2c1=O. The van der Waals surface area contributed by atoms with Crippen LogP contribution in [0.4, 0.5) is 0 Å². The Morgan fingerprint density at radius 2 is 1.87 bits per heavy atom. The van der Waals surface area contributed by atoms with Crippen LogP contribution < -0.4 is 5.56 Å². The van der Waals surface area contributed by atoms with Crippen LogP contribution in [0.3, 0.4) is 0 Å². The summed E-state index contributed by atoms with van der Waals surface area (Å²) in [5, 5.41) is 0.908. The first-order valence-corrected chi connectivity index (χ1v) is 12.2. The van der Waals surface area contributed by atoms with E-state index in [1.165, 1.54) is 11.8 Å². The molecule has 1 aliphatic rings. The van der Waals surface area contributed by atoms with Crippen LogP contribution in [0.2, 0.25) is 0 Å². The number of likely N-dealkylation sites (tertiary alicyclic amines) is 1. The maximum absolute atomic E-state index is 13.2. The molecule has 0 bridgehead atoms. The molecule has 0 unspecified atom stereocenters. The summed E-state index contributed by atoms with van der Waals surface area (Å²) < 4.78 is 7.36. The van der Waals surface area contributed by atoms with Gasteiger partial charge in [0.2, 0.25) is 5.91 Å². The van der Waals surface area contributed by atoms with E-state index >= 15 is 0 Å². The highest BCUT2D eigenvalue weighted by atomic mass is 32.2. The van der Waals surface area contributed by atoms with Crippen molar-refractivity contribution in [2.45, 2.75) is 70.5 Å². The normalized spacial score (nSPS) is 20.4. The van der Waals surface area contributed by atoms with Crippen molar-refractivity contribution < 1.29 is 9.53 Å². The molecule has 2 aromatic rings. The molecule has 1 fully saturated rings. The van der Waals surface area contributed by atoms with E-state index in [1.807, 2.05) is 49.9 Å². The van der Waals surface area contributed by atoms with E-state index in [0.717, 1.165) is 25.9 Å². The summed E-state index contributed by atoms with van der Waals surface area (Å²) in [6.45, 7) is 13.0. The van der Waals surface area contributed by atoms with Gasteiger partial charge in [-0.1, -0.05) is 37.7 Å². The van der Waals surface area contributed by atoms with E-state index < -0.39 is 0 Å². The number of carbonyl (C=O) groups excluding carboxylic acids is 1. The molecule has 1 saturated heterocycles. The second-order valence-corrected chi connectivity index (χ2v) is 10.4. The van der Waals surface area contributed by atoms with Crippen molar-refractivity contribution in [1.29, 1.82) is 0 Å². The van der Waals surface area contributed by atoms with Crippen molar-refractivity contribution in [2.24, 2.45) is 11.8 Å². The summed E-state index contributed by atoms with van der Waals surface area (Å²) in [6.07, 6.45) is 2.04. The Morgan fingerprint density at radius 1 is 1.19 bits per heavy atom. The Kier molecular flexibility index (Phi) is 8.17. The Labute approximate surface area is 189 Å². The zero-order valence-corrected chi connectivity index (χ0v) is 20.2. The van der Waals surface area contributed by atoms with Gasteiger partial charge in [-0.3, -0.25) is 14.2 Å². The lowest BCUT2D eigenvalue weighted by Gasteiger charge is -2.36. The molecule has 3 atom stereocenters. The molecule has 7 heteroatoms. The van der Waals surface area contributed by atoms with E-state index in [1.54, 1.807) is 4.57 Å². The van der Waals surface area contributed by atoms with Gasteiger partial charge < -0.3 is 9.64 Å². The quantitative estimate of drug-likeness (QED) is 0.346. The van der Waals surface area contributed by atoms with Crippen LogP contribution in [0, 0.1) is 11.8 Å². The molecule has 2 heterocycles. The number of hydrogen-bond donors (Lipinski definition) is 0. The molecule has 31 heavy (non-hydrogen) atoms. The molecule has 1 aliphatic heterocycles. The fraction of sp³-hybridized carbons (Fsp3) is 0.625. The van der Waals surface area contributed by atoms with E-state index in [-0.39, 0.29) is 22.8 Å². The van der Waals surface area contributed by atoms with Crippen LogP contribution in [0.5, 0.6) is 0 Å². The minimum Gasteiger partial charge on any atom is -0.379 e. The Morgan fingerprint density at radius 3 is 2.55 bits per heavy atom. The predicted octanol–water partition coefficient (Wildman–Crippen LogP) is 4.20. The van der Waals surface area contributed by atoms with Crippen LogP contribution in [0.25, 0.3) is 10.9 Å². The van der Waals surface area contributed by atoms with Crippen LogP contribution >= 0.6 is 11.8 Å². The lowest BCUT2D eigenvalue weighted by atomic mass is 9.92. The zero-order chi connectivity index (χ0) is 22.5. The highest BCUT2D eigenvalue weighted by Crippen LogP contribution is 2.27. The lowest BCUT2D eigenvalue weighted by Crippen LogP contribution is -2.45. The first kappa shape index (κ1) is 23.8. The van der Waals surface area contributed by atoms with Gasteiger partial charge in [0.15, 0.2) is 5.16 Å². The van der Waals surface area contributed by atoms with Gasteiger partial charge in [-0.2, -0.15) is 0 Å². The first-order chi connectivity index (χ1) is 14.8. The third-order valence-corrected chi connectivity index (χ3v) is 6.69. The highest BCUT2D eigenvalue weighted by molar-refractivity contribution is 8.00. The Bertz CT molecular complexity index is 949. The van der Waals surface area contributed by atoms with Gasteiger partial charge in [0.1, 0.15) is 0 Å². The third-order valence-electron chi connectivity index (χ3n) is 5.61. The van der Waals surface area contributed by atoms with Crippen LogP contribution in [0.15, 0.2) is 34.2 Å². The lowest BCUT2D eigenvalue weighted by molar-refractivity contribution is -0.132. The minimum absolute atomic E-state index is 0.0579. The van der Waals surface area contributed by atoms with Crippen molar-refractivity contribution in [3.63, 3.8) is 0 Å². The number of amides is 1. The third kappa shape index (κ3) is 6.10. The maximum Gasteiger partial charge on any atom is 0.262 e. The van der Waals surface area contributed by atoms with Crippen molar-refractivity contribution in [3.05, 3.63) is 34.6 Å². The fourth-order valence-corrected chi connectivity index (χ4v) is 5.30. The van der Waals surface area contributed by atoms with Crippen LogP contribution in [-0.4, -0.2) is 51.4 Å². The average Bonchev–Trinajstić information content (AvgIpc) is 2.71. The van der Waals surface area contributed by atoms with Crippen molar-refractivity contribution in [2.75, 3.05) is 19.7 Å². The standard InChI is InChI=1S/C24H35N3O3S/c1-16(2)30-12-8-11-27-23(29)20-9-6-7-10-21(20)25-24(27)31-19(5)22(28)26-14-17(3)13-18(4)15-26/h6-7,9-10,16-19H,8,11-15H2,1-5H3/t17-,18+,19-/m0/s1. The van der Waals surface area contributed by atoms with Crippen molar-refractivity contribution in [3.8, 4) is 0 Å². The summed E-state index contributed by atoms with van der Waals surface area (Å²) in [6, 6.07) is 7.41. The number of benzene rings is 1. The smallest absolute Gasteiger partial charge is 0.262 e. The van der Waals surface area contributed by atoms with E-state index in [4.69, 9.17) is 9.72 Å². The molecule has 0 saturated carbocycles. The highest BCUT2D eigenvalue weighted by Gasteiger charge is 2.29. The molecular weight excluding hydrogens is 410 g/mol. The fourth-order valence-electron chi connectivity index (χ4n) is 4.29. The Balaban J connectivity index is 1.82. The molecule has 0 spiro atoms. The monoisotopic (exact) mass is 445 g/mol. The van der Waals surface area contributed by atoms with Gasteiger partial charge in [-0.05, 0) is 57.6 Å². The number of piperidine rings is 1. The van der Waals surface area contributed by atoms with Gasteiger partial charge >= 0.3 is 0 Å². The largest absolute Gasteiger partial charge is 0.379 e. The number of aromatic nitrogens is 2. The van der Waals surface area contributed by atoms with Gasteiger partial charge in [0.05, 0.1) is 22.3 Å². The van der Waals surface area contributed by atoms with E-state index in [9.17, 15) is 9.59 Å². The zero-order valence-electron chi connectivity index (χ0n) is 19.3. The number of carbonyl (C=O) groups is 1. The first-order valence-electron chi connectivity index (χ1n) is 11.3. The molecule has 170 valence electrons. The number of hydrogen-bond acceptors (Lipinski definition) is 5.